The monoisotopic (exact) mass is 326 g/mol. The van der Waals surface area contributed by atoms with E-state index in [0.29, 0.717) is 12.0 Å². The minimum absolute atomic E-state index is 0.0161. The molecule has 1 fully saturated rings. The lowest BCUT2D eigenvalue weighted by Crippen LogP contribution is -2.20. The third-order valence-corrected chi connectivity index (χ3v) is 4.50. The fourth-order valence-corrected chi connectivity index (χ4v) is 3.53. The van der Waals surface area contributed by atoms with Crippen molar-refractivity contribution >= 4 is 11.6 Å². The Bertz CT molecular complexity index is 651. The number of rotatable bonds is 0. The van der Waals surface area contributed by atoms with E-state index in [4.69, 9.17) is 0 Å². The summed E-state index contributed by atoms with van der Waals surface area (Å²) in [6, 6.07) is 0. The highest BCUT2D eigenvalue weighted by Crippen LogP contribution is 2.45. The fourth-order valence-electron chi connectivity index (χ4n) is 3.53. The van der Waals surface area contributed by atoms with Gasteiger partial charge in [0, 0.05) is 28.6 Å². The normalized spacial score (nSPS) is 25.1. The van der Waals surface area contributed by atoms with E-state index in [1.54, 1.807) is 6.08 Å². The number of hydrogen-bond donors (Lipinski definition) is 0. The highest BCUT2D eigenvalue weighted by molar-refractivity contribution is 6.17. The fraction of sp³-hybridized carbons (Fsp3) is 0.500. The summed E-state index contributed by atoms with van der Waals surface area (Å²) >= 11 is 0. The van der Waals surface area contributed by atoms with Gasteiger partial charge in [0.15, 0.2) is 11.6 Å². The van der Waals surface area contributed by atoms with Gasteiger partial charge in [-0.1, -0.05) is 39.0 Å². The van der Waals surface area contributed by atoms with Gasteiger partial charge in [-0.2, -0.15) is 0 Å². The summed E-state index contributed by atoms with van der Waals surface area (Å²) in [5.74, 6) is 0.0613. The van der Waals surface area contributed by atoms with Crippen molar-refractivity contribution in [3.8, 4) is 0 Å². The Kier molecular flexibility index (Phi) is 7.38. The minimum atomic E-state index is -0.0594. The van der Waals surface area contributed by atoms with Gasteiger partial charge in [0.2, 0.25) is 0 Å². The predicted octanol–water partition coefficient (Wildman–Crippen LogP) is 5.52. The van der Waals surface area contributed by atoms with Gasteiger partial charge in [0.1, 0.15) is 0 Å². The highest BCUT2D eigenvalue weighted by atomic mass is 16.1. The van der Waals surface area contributed by atoms with Crippen LogP contribution in [-0.2, 0) is 9.59 Å². The lowest BCUT2D eigenvalue weighted by Gasteiger charge is -2.27. The Morgan fingerprint density at radius 1 is 1.21 bits per heavy atom. The Hall–Kier alpha value is -1.92. The Morgan fingerprint density at radius 3 is 2.38 bits per heavy atom. The molecule has 2 heteroatoms. The van der Waals surface area contributed by atoms with Crippen LogP contribution in [0.3, 0.4) is 0 Å². The zero-order chi connectivity index (χ0) is 18.4. The molecule has 0 heterocycles. The topological polar surface area (TPSA) is 34.1 Å². The number of Topliss-reactive ketones (excluding diaryl/α,β-unsaturated/α-hetero) is 2. The summed E-state index contributed by atoms with van der Waals surface area (Å²) < 4.78 is 0. The van der Waals surface area contributed by atoms with Gasteiger partial charge in [-0.15, -0.1) is 12.3 Å². The van der Waals surface area contributed by atoms with Crippen LogP contribution in [0.4, 0.5) is 0 Å². The lowest BCUT2D eigenvalue weighted by molar-refractivity contribution is -0.118. The average Bonchev–Trinajstić information content (AvgIpc) is 2.79. The van der Waals surface area contributed by atoms with Crippen LogP contribution in [0.15, 0.2) is 52.8 Å². The van der Waals surface area contributed by atoms with Gasteiger partial charge in [-0.05, 0) is 45.1 Å². The molecule has 0 radical (unpaired) electrons. The first-order chi connectivity index (χ1) is 11.4. The van der Waals surface area contributed by atoms with Crippen LogP contribution in [0.2, 0.25) is 0 Å². The first-order valence-corrected chi connectivity index (χ1v) is 8.95. The predicted molar refractivity (Wildman–Crippen MR) is 101 cm³/mol. The molecule has 2 nitrogen and oxygen atoms in total. The van der Waals surface area contributed by atoms with Gasteiger partial charge in [-0.25, -0.2) is 0 Å². The van der Waals surface area contributed by atoms with Gasteiger partial charge in [0.05, 0.1) is 0 Å². The molecule has 2 atom stereocenters. The third kappa shape index (κ3) is 3.76. The molecule has 0 amide bonds. The molecule has 0 spiro atoms. The van der Waals surface area contributed by atoms with Crippen molar-refractivity contribution in [2.75, 3.05) is 0 Å². The van der Waals surface area contributed by atoms with Crippen LogP contribution >= 0.6 is 0 Å². The molecule has 0 aromatic heterocycles. The van der Waals surface area contributed by atoms with Crippen LogP contribution in [0.25, 0.3) is 0 Å². The molecule has 0 aromatic rings. The standard InChI is InChI=1S/C17H18O2.C3H6.C2H6/c1-9-5-4-6-12-7-10(2)16(18)13-8-11(3)17(19)15(13)14(9)12;1-3-2;1-2/h11,14H,1,4-6,8H2,2-3H3;3H,1H2,2H3;1-2H3. The van der Waals surface area contributed by atoms with Crippen molar-refractivity contribution in [1.29, 1.82) is 0 Å². The quantitative estimate of drug-likeness (QED) is 0.434. The molecular formula is C22H30O2. The summed E-state index contributed by atoms with van der Waals surface area (Å²) in [6.07, 6.45) is 5.25. The van der Waals surface area contributed by atoms with Crippen LogP contribution in [0, 0.1) is 11.8 Å². The summed E-state index contributed by atoms with van der Waals surface area (Å²) in [6.45, 7) is 17.1. The first-order valence-electron chi connectivity index (χ1n) is 8.95. The second-order valence-electron chi connectivity index (χ2n) is 6.32. The Morgan fingerprint density at radius 2 is 1.79 bits per heavy atom. The molecule has 3 rings (SSSR count). The first kappa shape index (κ1) is 20.1. The number of allylic oxidation sites excluding steroid dienone is 5. The maximum atomic E-state index is 12.4. The van der Waals surface area contributed by atoms with Gasteiger partial charge in [0.25, 0.3) is 0 Å². The van der Waals surface area contributed by atoms with Crippen molar-refractivity contribution in [2.45, 2.75) is 60.3 Å². The SMILES string of the molecule is C=C1CCCC2=C=C(C)C(=O)C3=C(C(=O)C(C)C3)C12.C=CC.CC. The van der Waals surface area contributed by atoms with E-state index in [1.807, 2.05) is 34.6 Å². The maximum Gasteiger partial charge on any atom is 0.192 e. The molecule has 2 unspecified atom stereocenters. The molecule has 130 valence electrons. The van der Waals surface area contributed by atoms with E-state index in [0.717, 1.165) is 41.6 Å². The van der Waals surface area contributed by atoms with E-state index >= 15 is 0 Å². The van der Waals surface area contributed by atoms with E-state index in [2.05, 4.69) is 18.9 Å². The highest BCUT2D eigenvalue weighted by Gasteiger charge is 2.41. The van der Waals surface area contributed by atoms with Gasteiger partial charge < -0.3 is 0 Å². The summed E-state index contributed by atoms with van der Waals surface area (Å²) in [4.78, 5) is 24.9. The van der Waals surface area contributed by atoms with E-state index in [9.17, 15) is 9.59 Å². The van der Waals surface area contributed by atoms with Crippen molar-refractivity contribution < 1.29 is 9.59 Å². The van der Waals surface area contributed by atoms with E-state index < -0.39 is 0 Å². The minimum Gasteiger partial charge on any atom is -0.294 e. The Labute approximate surface area is 146 Å². The number of carbonyl (C=O) groups is 2. The number of carbonyl (C=O) groups excluding carboxylic acids is 2. The van der Waals surface area contributed by atoms with Crippen LogP contribution in [-0.4, -0.2) is 11.6 Å². The average molecular weight is 326 g/mol. The smallest absolute Gasteiger partial charge is 0.192 e. The summed E-state index contributed by atoms with van der Waals surface area (Å²) in [5.41, 5.74) is 7.54. The summed E-state index contributed by atoms with van der Waals surface area (Å²) in [5, 5.41) is 0. The Balaban J connectivity index is 0.000000521. The zero-order valence-electron chi connectivity index (χ0n) is 15.8. The van der Waals surface area contributed by atoms with Crippen molar-refractivity contribution in [3.05, 3.63) is 52.8 Å². The number of fused-ring (bicyclic) bond motifs is 2. The van der Waals surface area contributed by atoms with Crippen LogP contribution < -0.4 is 0 Å². The van der Waals surface area contributed by atoms with Crippen LogP contribution in [0.1, 0.15) is 60.3 Å². The zero-order valence-corrected chi connectivity index (χ0v) is 15.8. The second kappa shape index (κ2) is 8.80. The van der Waals surface area contributed by atoms with Crippen LogP contribution in [0.5, 0.6) is 0 Å². The summed E-state index contributed by atoms with van der Waals surface area (Å²) in [7, 11) is 0. The van der Waals surface area contributed by atoms with E-state index in [1.165, 1.54) is 0 Å². The molecule has 3 aliphatic carbocycles. The molecule has 1 saturated carbocycles. The molecular weight excluding hydrogens is 296 g/mol. The molecule has 24 heavy (non-hydrogen) atoms. The lowest BCUT2D eigenvalue weighted by atomic mass is 9.75. The second-order valence-corrected chi connectivity index (χ2v) is 6.32. The molecule has 0 saturated heterocycles. The molecule has 0 aromatic carbocycles. The number of hydrogen-bond acceptors (Lipinski definition) is 2. The molecule has 0 bridgehead atoms. The maximum absolute atomic E-state index is 12.4. The molecule has 0 N–H and O–H groups in total. The number of ketones is 2. The van der Waals surface area contributed by atoms with Gasteiger partial charge in [-0.3, -0.25) is 9.59 Å². The van der Waals surface area contributed by atoms with Crippen molar-refractivity contribution in [3.63, 3.8) is 0 Å². The van der Waals surface area contributed by atoms with Gasteiger partial charge >= 0.3 is 0 Å². The van der Waals surface area contributed by atoms with Crippen molar-refractivity contribution in [2.24, 2.45) is 11.8 Å². The largest absolute Gasteiger partial charge is 0.294 e. The molecule has 3 aliphatic rings. The van der Waals surface area contributed by atoms with Crippen molar-refractivity contribution in [1.82, 2.24) is 0 Å². The third-order valence-electron chi connectivity index (χ3n) is 4.50. The van der Waals surface area contributed by atoms with E-state index in [-0.39, 0.29) is 23.4 Å². The molecule has 0 aliphatic heterocycles.